The van der Waals surface area contributed by atoms with Gasteiger partial charge in [-0.2, -0.15) is 9.50 Å². The van der Waals surface area contributed by atoms with Gasteiger partial charge in [0, 0.05) is 0 Å². The zero-order valence-electron chi connectivity index (χ0n) is 9.36. The van der Waals surface area contributed by atoms with Gasteiger partial charge in [0.15, 0.2) is 5.69 Å². The van der Waals surface area contributed by atoms with Crippen molar-refractivity contribution in [2.24, 2.45) is 0 Å². The van der Waals surface area contributed by atoms with E-state index in [1.54, 1.807) is 6.92 Å². The van der Waals surface area contributed by atoms with Crippen LogP contribution in [0.2, 0.25) is 0 Å². The van der Waals surface area contributed by atoms with E-state index in [4.69, 9.17) is 0 Å². The molecule has 18 heavy (non-hydrogen) atoms. The SMILES string of the molecule is Cc1nc2nc(-c3cccs3)cc(C(=O)O)n2n1. The van der Waals surface area contributed by atoms with Gasteiger partial charge in [0.2, 0.25) is 0 Å². The van der Waals surface area contributed by atoms with Crippen molar-refractivity contribution >= 4 is 23.1 Å². The van der Waals surface area contributed by atoms with E-state index < -0.39 is 5.97 Å². The average Bonchev–Trinajstić information content (AvgIpc) is 2.93. The molecule has 0 saturated carbocycles. The Morgan fingerprint density at radius 2 is 2.28 bits per heavy atom. The number of carboxylic acids is 1. The summed E-state index contributed by atoms with van der Waals surface area (Å²) in [5.41, 5.74) is 0.659. The Bertz CT molecular complexity index is 733. The van der Waals surface area contributed by atoms with Crippen molar-refractivity contribution in [3.63, 3.8) is 0 Å². The summed E-state index contributed by atoms with van der Waals surface area (Å²) < 4.78 is 1.24. The minimum absolute atomic E-state index is 0.0593. The molecule has 0 unspecified atom stereocenters. The maximum absolute atomic E-state index is 11.2. The van der Waals surface area contributed by atoms with Crippen LogP contribution in [0.1, 0.15) is 16.3 Å². The largest absolute Gasteiger partial charge is 0.477 e. The average molecular weight is 260 g/mol. The molecule has 7 heteroatoms. The first-order valence-electron chi connectivity index (χ1n) is 5.17. The third-order valence-corrected chi connectivity index (χ3v) is 3.30. The maximum Gasteiger partial charge on any atom is 0.354 e. The highest BCUT2D eigenvalue weighted by Crippen LogP contribution is 2.24. The lowest BCUT2D eigenvalue weighted by Gasteiger charge is -2.01. The second-order valence-corrected chi connectivity index (χ2v) is 4.63. The Morgan fingerprint density at radius 3 is 2.94 bits per heavy atom. The summed E-state index contributed by atoms with van der Waals surface area (Å²) in [6.07, 6.45) is 0. The zero-order chi connectivity index (χ0) is 12.7. The molecule has 0 spiro atoms. The zero-order valence-corrected chi connectivity index (χ0v) is 10.2. The van der Waals surface area contributed by atoms with Gasteiger partial charge < -0.3 is 5.11 Å². The normalized spacial score (nSPS) is 10.9. The van der Waals surface area contributed by atoms with Gasteiger partial charge in [-0.25, -0.2) is 9.78 Å². The first-order valence-corrected chi connectivity index (χ1v) is 6.05. The molecule has 1 N–H and O–H groups in total. The summed E-state index contributed by atoms with van der Waals surface area (Å²) in [5, 5.41) is 15.1. The van der Waals surface area contributed by atoms with E-state index >= 15 is 0 Å². The van der Waals surface area contributed by atoms with Crippen LogP contribution in [0.15, 0.2) is 23.6 Å². The van der Waals surface area contributed by atoms with E-state index in [0.29, 0.717) is 17.3 Å². The summed E-state index contributed by atoms with van der Waals surface area (Å²) in [5.74, 6) is -0.255. The topological polar surface area (TPSA) is 80.4 Å². The van der Waals surface area contributed by atoms with Crippen molar-refractivity contribution in [1.82, 2.24) is 19.6 Å². The van der Waals surface area contributed by atoms with Crippen molar-refractivity contribution in [2.45, 2.75) is 6.92 Å². The second-order valence-electron chi connectivity index (χ2n) is 3.68. The molecule has 3 aromatic rings. The number of carbonyl (C=O) groups is 1. The van der Waals surface area contributed by atoms with E-state index in [1.807, 2.05) is 17.5 Å². The number of carboxylic acid groups (broad SMARTS) is 1. The van der Waals surface area contributed by atoms with Crippen molar-refractivity contribution in [3.05, 3.63) is 35.1 Å². The molecule has 6 nitrogen and oxygen atoms in total. The number of hydrogen-bond acceptors (Lipinski definition) is 5. The predicted octanol–water partition coefficient (Wildman–Crippen LogP) is 1.86. The number of aromatic carboxylic acids is 1. The van der Waals surface area contributed by atoms with Crippen molar-refractivity contribution < 1.29 is 9.90 Å². The van der Waals surface area contributed by atoms with E-state index in [9.17, 15) is 9.90 Å². The summed E-state index contributed by atoms with van der Waals surface area (Å²) >= 11 is 1.50. The van der Waals surface area contributed by atoms with Gasteiger partial charge in [0.25, 0.3) is 5.78 Å². The number of hydrogen-bond donors (Lipinski definition) is 1. The molecule has 0 radical (unpaired) electrons. The molecule has 3 aromatic heterocycles. The van der Waals surface area contributed by atoms with Gasteiger partial charge in [0.1, 0.15) is 5.82 Å². The Kier molecular flexibility index (Phi) is 2.34. The fourth-order valence-corrected chi connectivity index (χ4v) is 2.36. The van der Waals surface area contributed by atoms with Crippen LogP contribution in [0.5, 0.6) is 0 Å². The highest BCUT2D eigenvalue weighted by molar-refractivity contribution is 7.13. The van der Waals surface area contributed by atoms with E-state index in [-0.39, 0.29) is 5.69 Å². The van der Waals surface area contributed by atoms with Crippen LogP contribution >= 0.6 is 11.3 Å². The fourth-order valence-electron chi connectivity index (χ4n) is 1.67. The van der Waals surface area contributed by atoms with Crippen molar-refractivity contribution in [3.8, 4) is 10.6 Å². The minimum atomic E-state index is -1.05. The summed E-state index contributed by atoms with van der Waals surface area (Å²) in [6, 6.07) is 5.29. The molecule has 90 valence electrons. The summed E-state index contributed by atoms with van der Waals surface area (Å²) in [6.45, 7) is 1.70. The number of rotatable bonds is 2. The Morgan fingerprint density at radius 1 is 1.44 bits per heavy atom. The maximum atomic E-state index is 11.2. The first kappa shape index (κ1) is 10.8. The quantitative estimate of drug-likeness (QED) is 0.760. The third-order valence-electron chi connectivity index (χ3n) is 2.41. The molecular weight excluding hydrogens is 252 g/mol. The van der Waals surface area contributed by atoms with E-state index in [0.717, 1.165) is 4.88 Å². The minimum Gasteiger partial charge on any atom is -0.477 e. The molecule has 0 atom stereocenters. The highest BCUT2D eigenvalue weighted by Gasteiger charge is 2.15. The van der Waals surface area contributed by atoms with Gasteiger partial charge >= 0.3 is 5.97 Å². The highest BCUT2D eigenvalue weighted by atomic mass is 32.1. The van der Waals surface area contributed by atoms with Gasteiger partial charge in [0.05, 0.1) is 10.6 Å². The standard InChI is InChI=1S/C11H8N4O2S/c1-6-12-11-13-7(9-3-2-4-18-9)5-8(10(16)17)15(11)14-6/h2-5H,1H3,(H,16,17). The molecule has 0 aliphatic carbocycles. The number of fused-ring (bicyclic) bond motifs is 1. The Labute approximate surface area is 106 Å². The number of aromatic nitrogens is 4. The Balaban J connectivity index is 2.33. The van der Waals surface area contributed by atoms with Crippen LogP contribution in [0.25, 0.3) is 16.3 Å². The lowest BCUT2D eigenvalue weighted by Crippen LogP contribution is -2.08. The molecule has 0 aromatic carbocycles. The van der Waals surface area contributed by atoms with Gasteiger partial charge in [-0.3, -0.25) is 0 Å². The smallest absolute Gasteiger partial charge is 0.354 e. The second kappa shape index (κ2) is 3.88. The van der Waals surface area contributed by atoms with Crippen molar-refractivity contribution in [2.75, 3.05) is 0 Å². The van der Waals surface area contributed by atoms with Crippen LogP contribution in [0.3, 0.4) is 0 Å². The molecule has 3 rings (SSSR count). The third kappa shape index (κ3) is 1.65. The number of thiophene rings is 1. The molecule has 0 saturated heterocycles. The predicted molar refractivity (Wildman–Crippen MR) is 65.8 cm³/mol. The van der Waals surface area contributed by atoms with E-state index in [1.165, 1.54) is 21.9 Å². The molecule has 0 bridgehead atoms. The van der Waals surface area contributed by atoms with Crippen molar-refractivity contribution in [1.29, 1.82) is 0 Å². The first-order chi connectivity index (χ1) is 8.65. The molecule has 3 heterocycles. The van der Waals surface area contributed by atoms with Crippen LogP contribution < -0.4 is 0 Å². The lowest BCUT2D eigenvalue weighted by atomic mass is 10.3. The summed E-state index contributed by atoms with van der Waals surface area (Å²) in [4.78, 5) is 20.6. The van der Waals surface area contributed by atoms with Crippen LogP contribution in [0, 0.1) is 6.92 Å². The van der Waals surface area contributed by atoms with E-state index in [2.05, 4.69) is 15.1 Å². The van der Waals surface area contributed by atoms with Crippen LogP contribution in [-0.2, 0) is 0 Å². The molecule has 0 aliphatic heterocycles. The molecular formula is C11H8N4O2S. The molecule has 0 aliphatic rings. The van der Waals surface area contributed by atoms with Crippen LogP contribution in [0.4, 0.5) is 0 Å². The molecule has 0 amide bonds. The van der Waals surface area contributed by atoms with Gasteiger partial charge in [-0.05, 0) is 24.4 Å². The molecule has 0 fully saturated rings. The summed E-state index contributed by atoms with van der Waals surface area (Å²) in [7, 11) is 0. The fraction of sp³-hybridized carbons (Fsp3) is 0.0909. The van der Waals surface area contributed by atoms with Gasteiger partial charge in [-0.1, -0.05) is 6.07 Å². The number of nitrogens with zero attached hydrogens (tertiary/aromatic N) is 4. The van der Waals surface area contributed by atoms with Crippen LogP contribution in [-0.4, -0.2) is 30.7 Å². The Hall–Kier alpha value is -2.28. The monoisotopic (exact) mass is 260 g/mol. The van der Waals surface area contributed by atoms with Gasteiger partial charge in [-0.15, -0.1) is 16.4 Å². The lowest BCUT2D eigenvalue weighted by molar-refractivity contribution is 0.0687. The number of aryl methyl sites for hydroxylation is 1.